The maximum absolute atomic E-state index is 13.4. The molecule has 6 unspecified atom stereocenters. The van der Waals surface area contributed by atoms with Crippen LogP contribution < -0.4 is 0 Å². The molecule has 0 aromatic carbocycles. The van der Waals surface area contributed by atoms with E-state index >= 15 is 0 Å². The van der Waals surface area contributed by atoms with Gasteiger partial charge in [-0.1, -0.05) is 27.7 Å². The molecule has 6 fully saturated rings. The van der Waals surface area contributed by atoms with Gasteiger partial charge in [-0.05, 0) is 11.8 Å². The zero-order valence-corrected chi connectivity index (χ0v) is 16.7. The second-order valence-corrected chi connectivity index (χ2v) is 10.8. The highest BCUT2D eigenvalue weighted by Crippen LogP contribution is 2.84. The second kappa shape index (κ2) is 4.65. The van der Waals surface area contributed by atoms with Crippen LogP contribution in [0.3, 0.4) is 0 Å². The van der Waals surface area contributed by atoms with Gasteiger partial charge in [0, 0.05) is 11.8 Å². The summed E-state index contributed by atoms with van der Waals surface area (Å²) in [5.41, 5.74) is -6.97. The number of hydrogen-bond acceptors (Lipinski definition) is 9. The lowest BCUT2D eigenvalue weighted by Gasteiger charge is -2.46. The van der Waals surface area contributed by atoms with E-state index in [9.17, 15) is 24.9 Å². The molecule has 4 aliphatic heterocycles. The van der Waals surface area contributed by atoms with Gasteiger partial charge in [-0.2, -0.15) is 0 Å². The average molecular weight is 410 g/mol. The molecule has 6 aliphatic rings. The maximum Gasteiger partial charge on any atom is 0.342 e. The summed E-state index contributed by atoms with van der Waals surface area (Å²) in [6.07, 6.45) is -5.70. The molecule has 0 aromatic heterocycles. The third-order valence-electron chi connectivity index (χ3n) is 8.94. The Labute approximate surface area is 167 Å². The van der Waals surface area contributed by atoms with Gasteiger partial charge in [0.25, 0.3) is 0 Å². The first-order valence-corrected chi connectivity index (χ1v) is 10.2. The Bertz CT molecular complexity index is 851. The fourth-order valence-corrected chi connectivity index (χ4v) is 8.32. The van der Waals surface area contributed by atoms with E-state index in [1.54, 1.807) is 6.92 Å². The Morgan fingerprint density at radius 2 is 1.83 bits per heavy atom. The highest BCUT2D eigenvalue weighted by Gasteiger charge is 3.01. The maximum atomic E-state index is 13.4. The summed E-state index contributed by atoms with van der Waals surface area (Å²) < 4.78 is 23.3. The van der Waals surface area contributed by atoms with Gasteiger partial charge in [0.1, 0.15) is 11.7 Å². The zero-order valence-electron chi connectivity index (χ0n) is 16.7. The van der Waals surface area contributed by atoms with E-state index in [-0.39, 0.29) is 13.0 Å². The number of carbonyl (C=O) groups is 2. The van der Waals surface area contributed by atoms with Crippen LogP contribution in [0.2, 0.25) is 0 Å². The number of aliphatic hydroxyl groups excluding tert-OH is 2. The largest absolute Gasteiger partial charge is 0.457 e. The topological polar surface area (TPSA) is 132 Å². The predicted molar refractivity (Wildman–Crippen MR) is 91.9 cm³/mol. The molecule has 29 heavy (non-hydrogen) atoms. The number of hydrogen-bond donors (Lipinski definition) is 3. The monoisotopic (exact) mass is 410 g/mol. The minimum atomic E-state index is -1.88. The van der Waals surface area contributed by atoms with Crippen LogP contribution in [0.4, 0.5) is 0 Å². The lowest BCUT2D eigenvalue weighted by molar-refractivity contribution is -0.239. The van der Waals surface area contributed by atoms with Crippen molar-refractivity contribution < 1.29 is 43.9 Å². The molecule has 2 saturated carbocycles. The van der Waals surface area contributed by atoms with Crippen LogP contribution in [0.25, 0.3) is 0 Å². The van der Waals surface area contributed by atoms with Gasteiger partial charge in [0.15, 0.2) is 6.10 Å². The fraction of sp³-hybridized carbons (Fsp3) is 0.900. The molecule has 2 aliphatic carbocycles. The lowest BCUT2D eigenvalue weighted by Crippen LogP contribution is -2.66. The van der Waals surface area contributed by atoms with Gasteiger partial charge in [-0.25, -0.2) is 9.59 Å². The van der Waals surface area contributed by atoms with Crippen LogP contribution in [0.1, 0.15) is 34.1 Å². The van der Waals surface area contributed by atoms with E-state index in [1.165, 1.54) is 0 Å². The molecule has 3 N–H and O–H groups in total. The van der Waals surface area contributed by atoms with Crippen molar-refractivity contribution in [3.63, 3.8) is 0 Å². The first-order chi connectivity index (χ1) is 13.4. The van der Waals surface area contributed by atoms with E-state index < -0.39 is 81.9 Å². The molecule has 4 heterocycles. The van der Waals surface area contributed by atoms with E-state index in [0.717, 1.165) is 0 Å². The third kappa shape index (κ3) is 1.38. The Morgan fingerprint density at radius 3 is 2.48 bits per heavy atom. The summed E-state index contributed by atoms with van der Waals surface area (Å²) in [5.74, 6) is -2.77. The van der Waals surface area contributed by atoms with Crippen molar-refractivity contribution in [2.45, 2.75) is 76.0 Å². The molecule has 2 spiro atoms. The molecule has 0 radical (unpaired) electrons. The van der Waals surface area contributed by atoms with E-state index in [2.05, 4.69) is 0 Å². The third-order valence-corrected chi connectivity index (χ3v) is 8.94. The molecule has 9 nitrogen and oxygen atoms in total. The van der Waals surface area contributed by atoms with Gasteiger partial charge in [-0.15, -0.1) is 0 Å². The molecular formula is C20H26O9. The van der Waals surface area contributed by atoms with Gasteiger partial charge in [0.05, 0.1) is 29.6 Å². The quantitative estimate of drug-likeness (QED) is 0.435. The van der Waals surface area contributed by atoms with Crippen molar-refractivity contribution in [1.82, 2.24) is 0 Å². The van der Waals surface area contributed by atoms with Crippen LogP contribution in [-0.2, 0) is 28.5 Å². The first kappa shape index (κ1) is 18.5. The number of aliphatic hydroxyl groups is 3. The normalized spacial score (nSPS) is 62.0. The lowest BCUT2D eigenvalue weighted by atomic mass is 9.51. The molecule has 9 heteroatoms. The average Bonchev–Trinajstić information content (AvgIpc) is 3.31. The van der Waals surface area contributed by atoms with Crippen LogP contribution in [0.5, 0.6) is 0 Å². The fourth-order valence-electron chi connectivity index (χ4n) is 8.32. The Hall–Kier alpha value is -1.26. The minimum absolute atomic E-state index is 0.123. The molecule has 0 bridgehead atoms. The summed E-state index contributed by atoms with van der Waals surface area (Å²) >= 11 is 0. The summed E-state index contributed by atoms with van der Waals surface area (Å²) in [6.45, 7) is 7.70. The van der Waals surface area contributed by atoms with Crippen molar-refractivity contribution in [3.8, 4) is 0 Å². The summed E-state index contributed by atoms with van der Waals surface area (Å²) in [7, 11) is 0. The van der Waals surface area contributed by atoms with Crippen molar-refractivity contribution in [2.24, 2.45) is 28.1 Å². The highest BCUT2D eigenvalue weighted by molar-refractivity contribution is 5.91. The molecule has 160 valence electrons. The Kier molecular flexibility index (Phi) is 2.97. The van der Waals surface area contributed by atoms with Gasteiger partial charge >= 0.3 is 11.9 Å². The number of esters is 2. The first-order valence-electron chi connectivity index (χ1n) is 10.2. The summed E-state index contributed by atoms with van der Waals surface area (Å²) in [5, 5.41) is 34.5. The van der Waals surface area contributed by atoms with Gasteiger partial charge < -0.3 is 34.3 Å². The Morgan fingerprint density at radius 1 is 1.14 bits per heavy atom. The SMILES string of the molecule is C[C@@H]1COC2CC34C5OC(=O)C3(OC3OC(=O)[C@H](O)C34[C@H](C(C)(C)C)[C@H]5O)[C@]21O. The van der Waals surface area contributed by atoms with Crippen LogP contribution in [0, 0.1) is 28.1 Å². The minimum Gasteiger partial charge on any atom is -0.457 e. The summed E-state index contributed by atoms with van der Waals surface area (Å²) in [4.78, 5) is 25.9. The Balaban J connectivity index is 1.71. The second-order valence-electron chi connectivity index (χ2n) is 10.8. The molecule has 6 rings (SSSR count). The predicted octanol–water partition coefficient (Wildman–Crippen LogP) is -0.896. The van der Waals surface area contributed by atoms with Crippen molar-refractivity contribution in [1.29, 1.82) is 0 Å². The number of carbonyl (C=O) groups excluding carboxylic acids is 2. The number of fused-ring (bicyclic) bond motifs is 1. The molecule has 0 aromatic rings. The van der Waals surface area contributed by atoms with Crippen LogP contribution in [0.15, 0.2) is 0 Å². The molecular weight excluding hydrogens is 384 g/mol. The number of ether oxygens (including phenoxy) is 4. The summed E-state index contributed by atoms with van der Waals surface area (Å²) in [6, 6.07) is 0. The van der Waals surface area contributed by atoms with Crippen molar-refractivity contribution in [3.05, 3.63) is 0 Å². The smallest absolute Gasteiger partial charge is 0.342 e. The van der Waals surface area contributed by atoms with Crippen molar-refractivity contribution in [2.75, 3.05) is 6.61 Å². The number of rotatable bonds is 0. The standard InChI is InChI=1S/C20H26O9/c1-7-6-26-8-5-17-12-9(21)10(16(2,3)4)18(17)11(22)13(23)28-15(18)29-20(17,14(24)27-12)19(7,8)25/h7-12,15,21-22,25H,5-6H2,1-4H3/t7-,8?,9-,10+,11+,12?,15?,17?,18?,19-,20?/m1/s1. The van der Waals surface area contributed by atoms with Gasteiger partial charge in [0.2, 0.25) is 11.9 Å². The molecule has 4 saturated heterocycles. The molecule has 0 amide bonds. The van der Waals surface area contributed by atoms with E-state index in [1.807, 2.05) is 20.8 Å². The van der Waals surface area contributed by atoms with Crippen LogP contribution in [-0.4, -0.2) is 75.8 Å². The van der Waals surface area contributed by atoms with Crippen LogP contribution >= 0.6 is 0 Å². The molecule has 11 atom stereocenters. The van der Waals surface area contributed by atoms with E-state index in [0.29, 0.717) is 0 Å². The zero-order chi connectivity index (χ0) is 20.9. The van der Waals surface area contributed by atoms with Gasteiger partial charge in [-0.3, -0.25) is 0 Å². The van der Waals surface area contributed by atoms with E-state index in [4.69, 9.17) is 18.9 Å². The van der Waals surface area contributed by atoms with Crippen molar-refractivity contribution >= 4 is 11.9 Å². The highest BCUT2D eigenvalue weighted by atomic mass is 16.8.